The van der Waals surface area contributed by atoms with Gasteiger partial charge in [-0.3, -0.25) is 9.89 Å². The fraction of sp³-hybridized carbons (Fsp3) is 0.176. The van der Waals surface area contributed by atoms with E-state index in [2.05, 4.69) is 10.2 Å². The van der Waals surface area contributed by atoms with Crippen molar-refractivity contribution in [2.24, 2.45) is 0 Å². The Kier molecular flexibility index (Phi) is 3.15. The number of carbonyl (C=O) groups excluding carboxylic acids is 1. The fourth-order valence-electron chi connectivity index (χ4n) is 2.69. The average Bonchev–Trinajstić information content (AvgIpc) is 3.20. The molecular weight excluding hydrogens is 294 g/mol. The summed E-state index contributed by atoms with van der Waals surface area (Å²) in [6.45, 7) is 0.712. The van der Waals surface area contributed by atoms with Crippen molar-refractivity contribution in [1.82, 2.24) is 15.1 Å². The van der Waals surface area contributed by atoms with Gasteiger partial charge in [-0.1, -0.05) is 24.3 Å². The van der Waals surface area contributed by atoms with Gasteiger partial charge < -0.3 is 14.4 Å². The first-order valence-corrected chi connectivity index (χ1v) is 7.29. The molecule has 3 aromatic rings. The summed E-state index contributed by atoms with van der Waals surface area (Å²) in [5, 5.41) is 7.87. The maximum Gasteiger partial charge on any atom is 0.275 e. The van der Waals surface area contributed by atoms with E-state index < -0.39 is 0 Å². The summed E-state index contributed by atoms with van der Waals surface area (Å²) in [6.07, 6.45) is 0. The van der Waals surface area contributed by atoms with Gasteiger partial charge in [-0.05, 0) is 23.8 Å². The van der Waals surface area contributed by atoms with Crippen molar-refractivity contribution in [2.75, 3.05) is 13.8 Å². The molecule has 0 fully saturated rings. The van der Waals surface area contributed by atoms with Crippen LogP contribution in [-0.2, 0) is 6.54 Å². The number of aromatic nitrogens is 2. The van der Waals surface area contributed by atoms with E-state index in [1.54, 1.807) is 11.9 Å². The van der Waals surface area contributed by atoms with E-state index in [4.69, 9.17) is 9.47 Å². The highest BCUT2D eigenvalue weighted by Gasteiger charge is 2.19. The van der Waals surface area contributed by atoms with Crippen LogP contribution in [-0.4, -0.2) is 34.8 Å². The number of hydrogen-bond donors (Lipinski definition) is 1. The summed E-state index contributed by atoms with van der Waals surface area (Å²) in [5.41, 5.74) is 2.26. The molecule has 6 heteroatoms. The molecule has 6 nitrogen and oxygen atoms in total. The molecular formula is C17H15N3O3. The van der Waals surface area contributed by atoms with Crippen LogP contribution in [0.15, 0.2) is 42.5 Å². The first-order chi connectivity index (χ1) is 11.2. The molecule has 116 valence electrons. The van der Waals surface area contributed by atoms with Crippen molar-refractivity contribution >= 4 is 16.8 Å². The van der Waals surface area contributed by atoms with Gasteiger partial charge in [0, 0.05) is 19.0 Å². The normalized spacial score (nSPS) is 12.6. The van der Waals surface area contributed by atoms with Crippen molar-refractivity contribution in [1.29, 1.82) is 0 Å². The topological polar surface area (TPSA) is 67.5 Å². The Morgan fingerprint density at radius 3 is 2.96 bits per heavy atom. The summed E-state index contributed by atoms with van der Waals surface area (Å²) >= 11 is 0. The molecule has 2 aromatic carbocycles. The number of para-hydroxylation sites is 1. The van der Waals surface area contributed by atoms with Crippen molar-refractivity contribution in [3.63, 3.8) is 0 Å². The number of benzene rings is 2. The second-order valence-electron chi connectivity index (χ2n) is 5.47. The zero-order chi connectivity index (χ0) is 15.8. The van der Waals surface area contributed by atoms with E-state index in [0.717, 1.165) is 22.2 Å². The number of H-pyrrole nitrogens is 1. The number of nitrogens with one attached hydrogen (secondary N) is 1. The molecule has 0 unspecified atom stereocenters. The van der Waals surface area contributed by atoms with Gasteiger partial charge in [0.05, 0.1) is 5.52 Å². The maximum atomic E-state index is 12.6. The largest absolute Gasteiger partial charge is 0.454 e. The van der Waals surface area contributed by atoms with Crippen LogP contribution in [0, 0.1) is 0 Å². The molecule has 0 spiro atoms. The summed E-state index contributed by atoms with van der Waals surface area (Å²) < 4.78 is 10.7. The highest BCUT2D eigenvalue weighted by atomic mass is 16.7. The van der Waals surface area contributed by atoms with E-state index in [1.807, 2.05) is 42.5 Å². The molecule has 1 N–H and O–H groups in total. The molecule has 23 heavy (non-hydrogen) atoms. The van der Waals surface area contributed by atoms with Crippen molar-refractivity contribution in [3.8, 4) is 11.5 Å². The van der Waals surface area contributed by atoms with Crippen LogP contribution in [0.1, 0.15) is 16.1 Å². The lowest BCUT2D eigenvalue weighted by molar-refractivity contribution is 0.0781. The number of nitrogens with zero attached hydrogens (tertiary/aromatic N) is 2. The van der Waals surface area contributed by atoms with E-state index in [-0.39, 0.29) is 12.7 Å². The summed E-state index contributed by atoms with van der Waals surface area (Å²) in [7, 11) is 1.76. The van der Waals surface area contributed by atoms with Gasteiger partial charge in [0.15, 0.2) is 17.2 Å². The van der Waals surface area contributed by atoms with Gasteiger partial charge >= 0.3 is 0 Å². The number of aromatic amines is 1. The van der Waals surface area contributed by atoms with E-state index in [1.165, 1.54) is 0 Å². The van der Waals surface area contributed by atoms with Crippen LogP contribution >= 0.6 is 0 Å². The third kappa shape index (κ3) is 2.38. The van der Waals surface area contributed by atoms with Crippen molar-refractivity contribution < 1.29 is 14.3 Å². The predicted octanol–water partition coefficient (Wildman–Crippen LogP) is 2.56. The van der Waals surface area contributed by atoms with Crippen LogP contribution in [0.25, 0.3) is 10.9 Å². The van der Waals surface area contributed by atoms with Gasteiger partial charge in [0.1, 0.15) is 0 Å². The molecule has 0 saturated heterocycles. The van der Waals surface area contributed by atoms with E-state index in [0.29, 0.717) is 18.0 Å². The van der Waals surface area contributed by atoms with Gasteiger partial charge in [-0.25, -0.2) is 0 Å². The maximum absolute atomic E-state index is 12.6. The van der Waals surface area contributed by atoms with E-state index in [9.17, 15) is 4.79 Å². The number of rotatable bonds is 3. The molecule has 0 bridgehead atoms. The van der Waals surface area contributed by atoms with E-state index >= 15 is 0 Å². The molecule has 0 aliphatic carbocycles. The quantitative estimate of drug-likeness (QED) is 0.807. The summed E-state index contributed by atoms with van der Waals surface area (Å²) in [6, 6.07) is 13.3. The fourth-order valence-corrected chi connectivity index (χ4v) is 2.69. The number of ether oxygens (including phenoxy) is 2. The monoisotopic (exact) mass is 309 g/mol. The van der Waals surface area contributed by atoms with Crippen molar-refractivity contribution in [3.05, 3.63) is 53.7 Å². The molecule has 1 aromatic heterocycles. The van der Waals surface area contributed by atoms with Crippen LogP contribution in [0.2, 0.25) is 0 Å². The molecule has 4 rings (SSSR count). The minimum atomic E-state index is -0.125. The molecule has 0 saturated carbocycles. The zero-order valence-electron chi connectivity index (χ0n) is 12.6. The Morgan fingerprint density at radius 2 is 2.04 bits per heavy atom. The van der Waals surface area contributed by atoms with Crippen LogP contribution in [0.3, 0.4) is 0 Å². The number of fused-ring (bicyclic) bond motifs is 2. The Hall–Kier alpha value is -3.02. The van der Waals surface area contributed by atoms with Crippen LogP contribution in [0.4, 0.5) is 0 Å². The first-order valence-electron chi connectivity index (χ1n) is 7.29. The minimum absolute atomic E-state index is 0.125. The SMILES string of the molecule is CN(Cc1ccc2c(c1)OCO2)C(=O)c1n[nH]c2ccccc12. The Labute approximate surface area is 132 Å². The Balaban J connectivity index is 1.57. The molecule has 0 atom stereocenters. The predicted molar refractivity (Wildman–Crippen MR) is 84.5 cm³/mol. The van der Waals surface area contributed by atoms with Gasteiger partial charge in [0.2, 0.25) is 6.79 Å². The molecule has 1 aliphatic rings. The number of amides is 1. The van der Waals surface area contributed by atoms with Crippen LogP contribution in [0.5, 0.6) is 11.5 Å². The third-order valence-corrected chi connectivity index (χ3v) is 3.88. The standard InChI is InChI=1S/C17H15N3O3/c1-20(9-11-6-7-14-15(8-11)23-10-22-14)17(21)16-12-4-2-3-5-13(12)18-19-16/h2-8H,9-10H2,1H3,(H,18,19). The summed E-state index contributed by atoms with van der Waals surface area (Å²) in [5.74, 6) is 1.33. The minimum Gasteiger partial charge on any atom is -0.454 e. The molecule has 2 heterocycles. The summed E-state index contributed by atoms with van der Waals surface area (Å²) in [4.78, 5) is 14.3. The molecule has 1 amide bonds. The Bertz CT molecular complexity index is 888. The third-order valence-electron chi connectivity index (χ3n) is 3.88. The molecule has 1 aliphatic heterocycles. The van der Waals surface area contributed by atoms with Gasteiger partial charge in [0.25, 0.3) is 5.91 Å². The Morgan fingerprint density at radius 1 is 1.22 bits per heavy atom. The zero-order valence-corrected chi connectivity index (χ0v) is 12.6. The lowest BCUT2D eigenvalue weighted by Crippen LogP contribution is -2.26. The highest BCUT2D eigenvalue weighted by Crippen LogP contribution is 2.32. The first kappa shape index (κ1) is 13.6. The lowest BCUT2D eigenvalue weighted by atomic mass is 10.1. The number of carbonyl (C=O) groups is 1. The second-order valence-corrected chi connectivity index (χ2v) is 5.47. The molecule has 0 radical (unpaired) electrons. The second kappa shape index (κ2) is 5.31. The average molecular weight is 309 g/mol. The highest BCUT2D eigenvalue weighted by molar-refractivity contribution is 6.04. The van der Waals surface area contributed by atoms with Gasteiger partial charge in [-0.15, -0.1) is 0 Å². The number of hydrogen-bond acceptors (Lipinski definition) is 4. The van der Waals surface area contributed by atoms with Gasteiger partial charge in [-0.2, -0.15) is 5.10 Å². The lowest BCUT2D eigenvalue weighted by Gasteiger charge is -2.16. The van der Waals surface area contributed by atoms with Crippen LogP contribution < -0.4 is 9.47 Å². The van der Waals surface area contributed by atoms with Crippen molar-refractivity contribution in [2.45, 2.75) is 6.54 Å². The smallest absolute Gasteiger partial charge is 0.275 e.